The van der Waals surface area contributed by atoms with Crippen molar-refractivity contribution in [3.05, 3.63) is 34.3 Å². The van der Waals surface area contributed by atoms with Gasteiger partial charge in [0.2, 0.25) is 0 Å². The van der Waals surface area contributed by atoms with Crippen LogP contribution in [-0.4, -0.2) is 18.9 Å². The molecule has 0 saturated heterocycles. The summed E-state index contributed by atoms with van der Waals surface area (Å²) in [5.74, 6) is 0.139. The number of benzene rings is 1. The maximum Gasteiger partial charge on any atom is 0.176 e. The van der Waals surface area contributed by atoms with Gasteiger partial charge in [-0.05, 0) is 25.1 Å². The van der Waals surface area contributed by atoms with Crippen molar-refractivity contribution in [2.24, 2.45) is 0 Å². The number of Topliss-reactive ketones (excluding diaryl/α,β-unsaturated/α-hetero) is 1. The Balaban J connectivity index is 2.52. The Kier molecular flexibility index (Phi) is 4.84. The van der Waals surface area contributed by atoms with Gasteiger partial charge < -0.3 is 5.32 Å². The predicted molar refractivity (Wildman–Crippen MR) is 61.6 cm³/mol. The van der Waals surface area contributed by atoms with Gasteiger partial charge in [-0.2, -0.15) is 0 Å². The minimum Gasteiger partial charge on any atom is -0.310 e. The summed E-state index contributed by atoms with van der Waals surface area (Å²) in [6, 6.07) is 7.46. The molecule has 1 N–H and O–H groups in total. The number of hydrogen-bond donors (Lipinski definition) is 1. The summed E-state index contributed by atoms with van der Waals surface area (Å²) in [5.41, 5.74) is 0.753. The molecule has 0 atom stereocenters. The van der Waals surface area contributed by atoms with E-state index >= 15 is 0 Å². The molecule has 0 aromatic heterocycles. The Hall–Kier alpha value is -0.670. The van der Waals surface area contributed by atoms with Crippen LogP contribution in [0.3, 0.4) is 0 Å². The highest BCUT2D eigenvalue weighted by atomic mass is 79.9. The summed E-state index contributed by atoms with van der Waals surface area (Å²) < 4.78 is 0.943. The van der Waals surface area contributed by atoms with Crippen LogP contribution in [0.5, 0.6) is 0 Å². The van der Waals surface area contributed by atoms with E-state index in [4.69, 9.17) is 0 Å². The lowest BCUT2D eigenvalue weighted by atomic mass is 10.1. The van der Waals surface area contributed by atoms with E-state index in [-0.39, 0.29) is 5.78 Å². The molecule has 14 heavy (non-hydrogen) atoms. The summed E-state index contributed by atoms with van der Waals surface area (Å²) in [6.07, 6.45) is 1.05. The molecule has 76 valence electrons. The van der Waals surface area contributed by atoms with Crippen LogP contribution in [-0.2, 0) is 0 Å². The monoisotopic (exact) mass is 255 g/mol. The Morgan fingerprint density at radius 3 is 2.93 bits per heavy atom. The van der Waals surface area contributed by atoms with E-state index in [0.717, 1.165) is 23.0 Å². The Labute approximate surface area is 92.8 Å². The van der Waals surface area contributed by atoms with Crippen molar-refractivity contribution in [3.8, 4) is 0 Å². The van der Waals surface area contributed by atoms with E-state index in [1.54, 1.807) is 0 Å². The second kappa shape index (κ2) is 5.94. The topological polar surface area (TPSA) is 29.1 Å². The van der Waals surface area contributed by atoms with Gasteiger partial charge in [-0.3, -0.25) is 4.79 Å². The molecule has 0 aliphatic carbocycles. The fourth-order valence-electron chi connectivity index (χ4n) is 1.14. The first-order chi connectivity index (χ1) is 6.74. The molecule has 0 spiro atoms. The quantitative estimate of drug-likeness (QED) is 0.648. The average Bonchev–Trinajstić information content (AvgIpc) is 2.18. The van der Waals surface area contributed by atoms with Crippen LogP contribution in [0.2, 0.25) is 0 Å². The van der Waals surface area contributed by atoms with Gasteiger partial charge >= 0.3 is 0 Å². The molecular formula is C11H14BrNO. The highest BCUT2D eigenvalue weighted by Gasteiger charge is 2.04. The zero-order chi connectivity index (χ0) is 10.4. The van der Waals surface area contributed by atoms with Crippen LogP contribution >= 0.6 is 15.9 Å². The molecule has 0 heterocycles. The van der Waals surface area contributed by atoms with Crippen molar-refractivity contribution < 1.29 is 4.79 Å². The average molecular weight is 256 g/mol. The van der Waals surface area contributed by atoms with Gasteiger partial charge in [-0.15, -0.1) is 0 Å². The molecule has 2 nitrogen and oxygen atoms in total. The van der Waals surface area contributed by atoms with Crippen LogP contribution in [0.15, 0.2) is 28.7 Å². The van der Waals surface area contributed by atoms with Gasteiger partial charge in [-0.25, -0.2) is 0 Å². The zero-order valence-corrected chi connectivity index (χ0v) is 9.80. The molecule has 0 aliphatic rings. The number of rotatable bonds is 5. The predicted octanol–water partition coefficient (Wildman–Crippen LogP) is 2.63. The van der Waals surface area contributed by atoms with E-state index in [1.807, 2.05) is 24.3 Å². The molecule has 0 bridgehead atoms. The summed E-state index contributed by atoms with van der Waals surface area (Å²) >= 11 is 3.34. The van der Waals surface area contributed by atoms with Crippen molar-refractivity contribution in [2.75, 3.05) is 13.1 Å². The summed E-state index contributed by atoms with van der Waals surface area (Å²) in [5, 5.41) is 3.09. The van der Waals surface area contributed by atoms with Gasteiger partial charge in [0, 0.05) is 10.0 Å². The van der Waals surface area contributed by atoms with Gasteiger partial charge in [0.1, 0.15) is 0 Å². The Bertz CT molecular complexity index is 312. The van der Waals surface area contributed by atoms with Crippen molar-refractivity contribution >= 4 is 21.7 Å². The zero-order valence-electron chi connectivity index (χ0n) is 8.22. The molecule has 3 heteroatoms. The Morgan fingerprint density at radius 1 is 1.50 bits per heavy atom. The maximum atomic E-state index is 11.6. The first-order valence-electron chi connectivity index (χ1n) is 4.73. The fourth-order valence-corrected chi connectivity index (χ4v) is 1.54. The van der Waals surface area contributed by atoms with Crippen LogP contribution in [0, 0.1) is 0 Å². The van der Waals surface area contributed by atoms with Gasteiger partial charge in [0.25, 0.3) is 0 Å². The van der Waals surface area contributed by atoms with Gasteiger partial charge in [-0.1, -0.05) is 35.0 Å². The molecule has 1 rings (SSSR count). The first kappa shape index (κ1) is 11.4. The van der Waals surface area contributed by atoms with E-state index in [2.05, 4.69) is 28.2 Å². The second-order valence-corrected chi connectivity index (χ2v) is 4.03. The number of hydrogen-bond acceptors (Lipinski definition) is 2. The minimum absolute atomic E-state index is 0.139. The van der Waals surface area contributed by atoms with E-state index in [9.17, 15) is 4.79 Å². The SMILES string of the molecule is CCCNCC(=O)c1cccc(Br)c1. The molecule has 0 amide bonds. The van der Waals surface area contributed by atoms with Gasteiger partial charge in [0.05, 0.1) is 6.54 Å². The molecule has 0 fully saturated rings. The number of carbonyl (C=O) groups excluding carboxylic acids is 1. The normalized spacial score (nSPS) is 10.1. The Morgan fingerprint density at radius 2 is 2.29 bits per heavy atom. The first-order valence-corrected chi connectivity index (χ1v) is 5.53. The molecular weight excluding hydrogens is 242 g/mol. The molecule has 1 aromatic carbocycles. The van der Waals surface area contributed by atoms with E-state index in [0.29, 0.717) is 6.54 Å². The number of nitrogens with one attached hydrogen (secondary N) is 1. The molecule has 0 saturated carbocycles. The van der Waals surface area contributed by atoms with E-state index < -0.39 is 0 Å². The fraction of sp³-hybridized carbons (Fsp3) is 0.364. The minimum atomic E-state index is 0.139. The molecule has 0 unspecified atom stereocenters. The van der Waals surface area contributed by atoms with E-state index in [1.165, 1.54) is 0 Å². The van der Waals surface area contributed by atoms with Crippen LogP contribution in [0.25, 0.3) is 0 Å². The van der Waals surface area contributed by atoms with Crippen LogP contribution in [0.4, 0.5) is 0 Å². The highest BCUT2D eigenvalue weighted by molar-refractivity contribution is 9.10. The van der Waals surface area contributed by atoms with Crippen molar-refractivity contribution in [2.45, 2.75) is 13.3 Å². The van der Waals surface area contributed by atoms with Crippen molar-refractivity contribution in [1.29, 1.82) is 0 Å². The lowest BCUT2D eigenvalue weighted by Crippen LogP contribution is -2.23. The highest BCUT2D eigenvalue weighted by Crippen LogP contribution is 2.11. The molecule has 1 aromatic rings. The summed E-state index contributed by atoms with van der Waals surface area (Å²) in [7, 11) is 0. The largest absolute Gasteiger partial charge is 0.310 e. The lowest BCUT2D eigenvalue weighted by Gasteiger charge is -2.02. The standard InChI is InChI=1S/C11H14BrNO/c1-2-6-13-8-11(14)9-4-3-5-10(12)7-9/h3-5,7,13H,2,6,8H2,1H3. The summed E-state index contributed by atoms with van der Waals surface area (Å²) in [6.45, 7) is 3.39. The number of halogens is 1. The molecule has 0 aliphatic heterocycles. The number of ketones is 1. The van der Waals surface area contributed by atoms with Gasteiger partial charge in [0.15, 0.2) is 5.78 Å². The maximum absolute atomic E-state index is 11.6. The van der Waals surface area contributed by atoms with Crippen LogP contribution in [0.1, 0.15) is 23.7 Å². The summed E-state index contributed by atoms with van der Waals surface area (Å²) in [4.78, 5) is 11.6. The third-order valence-corrected chi connectivity index (χ3v) is 2.35. The van der Waals surface area contributed by atoms with Crippen molar-refractivity contribution in [3.63, 3.8) is 0 Å². The lowest BCUT2D eigenvalue weighted by molar-refractivity contribution is 0.0991. The number of carbonyl (C=O) groups is 1. The second-order valence-electron chi connectivity index (χ2n) is 3.11. The molecule has 0 radical (unpaired) electrons. The third-order valence-electron chi connectivity index (χ3n) is 1.86. The third kappa shape index (κ3) is 3.60. The van der Waals surface area contributed by atoms with Crippen molar-refractivity contribution in [1.82, 2.24) is 5.32 Å². The van der Waals surface area contributed by atoms with Crippen LogP contribution < -0.4 is 5.32 Å². The smallest absolute Gasteiger partial charge is 0.176 e.